The molecule has 0 bridgehead atoms. The minimum absolute atomic E-state index is 0.158. The molecule has 0 amide bonds. The lowest BCUT2D eigenvalue weighted by Crippen LogP contribution is -2.34. The minimum atomic E-state index is -0.661. The lowest BCUT2D eigenvalue weighted by Gasteiger charge is -2.27. The summed E-state index contributed by atoms with van der Waals surface area (Å²) in [5, 5.41) is 2.84. The van der Waals surface area contributed by atoms with Crippen LogP contribution in [0.2, 0.25) is 0 Å². The highest BCUT2D eigenvalue weighted by Crippen LogP contribution is 2.42. The maximum atomic E-state index is 13.3. The first-order chi connectivity index (χ1) is 13.2. The van der Waals surface area contributed by atoms with Crippen molar-refractivity contribution in [2.24, 2.45) is 0 Å². The molecule has 1 aliphatic rings. The zero-order valence-corrected chi connectivity index (χ0v) is 15.7. The Bertz CT molecular complexity index is 915. The molecule has 0 saturated heterocycles. The number of halogens is 1. The SMILES string of the molecule is O=C(OCc1csc(-c2ccccc2)n1)C1(c2ccc(F)cc2)CCCC1. The number of aromatic nitrogens is 1. The number of esters is 1. The van der Waals surface area contributed by atoms with E-state index in [0.717, 1.165) is 47.5 Å². The number of hydrogen-bond acceptors (Lipinski definition) is 4. The van der Waals surface area contributed by atoms with E-state index >= 15 is 0 Å². The smallest absolute Gasteiger partial charge is 0.316 e. The average Bonchev–Trinajstić information content (AvgIpc) is 3.38. The Kier molecular flexibility index (Phi) is 5.03. The largest absolute Gasteiger partial charge is 0.458 e. The number of nitrogens with zero attached hydrogens (tertiary/aromatic N) is 1. The molecule has 1 aliphatic carbocycles. The quantitative estimate of drug-likeness (QED) is 0.548. The van der Waals surface area contributed by atoms with Crippen molar-refractivity contribution in [3.63, 3.8) is 0 Å². The van der Waals surface area contributed by atoms with Crippen LogP contribution < -0.4 is 0 Å². The Morgan fingerprint density at radius 2 is 1.78 bits per heavy atom. The predicted octanol–water partition coefficient (Wildman–Crippen LogP) is 5.50. The van der Waals surface area contributed by atoms with E-state index < -0.39 is 5.41 Å². The third kappa shape index (κ3) is 3.65. The van der Waals surface area contributed by atoms with Gasteiger partial charge < -0.3 is 4.74 Å². The van der Waals surface area contributed by atoms with E-state index in [4.69, 9.17) is 4.74 Å². The van der Waals surface area contributed by atoms with Gasteiger partial charge in [0, 0.05) is 10.9 Å². The molecule has 3 nitrogen and oxygen atoms in total. The van der Waals surface area contributed by atoms with Crippen molar-refractivity contribution in [1.29, 1.82) is 0 Å². The second-order valence-corrected chi connectivity index (χ2v) is 7.74. The molecule has 0 radical (unpaired) electrons. The van der Waals surface area contributed by atoms with Crippen LogP contribution in [0.4, 0.5) is 4.39 Å². The third-order valence-corrected chi connectivity index (χ3v) is 6.11. The second-order valence-electron chi connectivity index (χ2n) is 6.88. The van der Waals surface area contributed by atoms with E-state index in [9.17, 15) is 9.18 Å². The van der Waals surface area contributed by atoms with Crippen molar-refractivity contribution in [1.82, 2.24) is 4.98 Å². The molecule has 2 aromatic carbocycles. The van der Waals surface area contributed by atoms with E-state index in [2.05, 4.69) is 4.98 Å². The minimum Gasteiger partial charge on any atom is -0.458 e. The second kappa shape index (κ2) is 7.61. The van der Waals surface area contributed by atoms with Gasteiger partial charge in [-0.1, -0.05) is 55.3 Å². The summed E-state index contributed by atoms with van der Waals surface area (Å²) in [6.07, 6.45) is 3.43. The van der Waals surface area contributed by atoms with Gasteiger partial charge in [0.05, 0.1) is 11.1 Å². The number of hydrogen-bond donors (Lipinski definition) is 0. The van der Waals surface area contributed by atoms with Crippen LogP contribution in [0.3, 0.4) is 0 Å². The van der Waals surface area contributed by atoms with Crippen LogP contribution in [-0.2, 0) is 21.6 Å². The van der Waals surface area contributed by atoms with Crippen LogP contribution in [0.1, 0.15) is 36.9 Å². The van der Waals surface area contributed by atoms with Crippen LogP contribution in [0, 0.1) is 5.82 Å². The van der Waals surface area contributed by atoms with Gasteiger partial charge in [-0.15, -0.1) is 11.3 Å². The lowest BCUT2D eigenvalue weighted by atomic mass is 9.79. The molecule has 4 rings (SSSR count). The Balaban J connectivity index is 1.48. The molecule has 5 heteroatoms. The number of thiazole rings is 1. The summed E-state index contributed by atoms with van der Waals surface area (Å²) in [5.41, 5.74) is 1.99. The molecular formula is C22H20FNO2S. The topological polar surface area (TPSA) is 39.2 Å². The first-order valence-electron chi connectivity index (χ1n) is 9.10. The third-order valence-electron chi connectivity index (χ3n) is 5.17. The molecule has 1 fully saturated rings. The van der Waals surface area contributed by atoms with Crippen molar-refractivity contribution in [3.8, 4) is 10.6 Å². The number of benzene rings is 2. The fourth-order valence-corrected chi connectivity index (χ4v) is 4.53. The number of carbonyl (C=O) groups excluding carboxylic acids is 1. The summed E-state index contributed by atoms with van der Waals surface area (Å²) in [7, 11) is 0. The maximum Gasteiger partial charge on any atom is 0.316 e. The summed E-state index contributed by atoms with van der Waals surface area (Å²) in [6, 6.07) is 16.2. The van der Waals surface area contributed by atoms with Gasteiger partial charge in [-0.3, -0.25) is 4.79 Å². The standard InChI is InChI=1S/C22H20FNO2S/c23-18-10-8-17(9-11-18)22(12-4-5-13-22)21(25)26-14-19-15-27-20(24-19)16-6-2-1-3-7-16/h1-3,6-11,15H,4-5,12-14H2. The van der Waals surface area contributed by atoms with Gasteiger partial charge in [-0.25, -0.2) is 9.37 Å². The lowest BCUT2D eigenvalue weighted by molar-refractivity contribution is -0.152. The van der Waals surface area contributed by atoms with Crippen molar-refractivity contribution < 1.29 is 13.9 Å². The molecule has 0 N–H and O–H groups in total. The highest BCUT2D eigenvalue weighted by Gasteiger charge is 2.44. The van der Waals surface area contributed by atoms with Crippen LogP contribution >= 0.6 is 11.3 Å². The zero-order valence-electron chi connectivity index (χ0n) is 14.9. The van der Waals surface area contributed by atoms with E-state index in [1.165, 1.54) is 23.5 Å². The normalized spacial score (nSPS) is 15.6. The first-order valence-corrected chi connectivity index (χ1v) is 9.98. The van der Waals surface area contributed by atoms with Gasteiger partial charge >= 0.3 is 5.97 Å². The van der Waals surface area contributed by atoms with Crippen LogP contribution in [-0.4, -0.2) is 11.0 Å². The fourth-order valence-electron chi connectivity index (χ4n) is 3.72. The van der Waals surface area contributed by atoms with Crippen molar-refractivity contribution in [2.45, 2.75) is 37.7 Å². The summed E-state index contributed by atoms with van der Waals surface area (Å²) in [5.74, 6) is -0.531. The van der Waals surface area contributed by atoms with Crippen LogP contribution in [0.5, 0.6) is 0 Å². The molecule has 0 spiro atoms. The highest BCUT2D eigenvalue weighted by atomic mass is 32.1. The van der Waals surface area contributed by atoms with Gasteiger partial charge in [-0.05, 0) is 30.5 Å². The summed E-state index contributed by atoms with van der Waals surface area (Å²) < 4.78 is 18.9. The maximum absolute atomic E-state index is 13.3. The summed E-state index contributed by atoms with van der Waals surface area (Å²) in [6.45, 7) is 0.158. The van der Waals surface area contributed by atoms with E-state index in [1.807, 2.05) is 35.7 Å². The van der Waals surface area contributed by atoms with Gasteiger partial charge in [-0.2, -0.15) is 0 Å². The molecule has 3 aromatic rings. The molecule has 1 heterocycles. The predicted molar refractivity (Wildman–Crippen MR) is 104 cm³/mol. The van der Waals surface area contributed by atoms with Crippen molar-refractivity contribution in [3.05, 3.63) is 77.1 Å². The number of rotatable bonds is 5. The van der Waals surface area contributed by atoms with Gasteiger partial charge in [0.2, 0.25) is 0 Å². The first kappa shape index (κ1) is 17.9. The van der Waals surface area contributed by atoms with Crippen LogP contribution in [0.25, 0.3) is 10.6 Å². The van der Waals surface area contributed by atoms with Gasteiger partial charge in [0.15, 0.2) is 0 Å². The molecule has 1 aromatic heterocycles. The molecule has 0 unspecified atom stereocenters. The molecule has 27 heavy (non-hydrogen) atoms. The zero-order chi connectivity index (χ0) is 18.7. The molecule has 1 saturated carbocycles. The Labute approximate surface area is 161 Å². The molecule has 0 atom stereocenters. The van der Waals surface area contributed by atoms with E-state index in [1.54, 1.807) is 12.1 Å². The Morgan fingerprint density at radius 1 is 1.07 bits per heavy atom. The molecule has 138 valence electrons. The molecular weight excluding hydrogens is 361 g/mol. The highest BCUT2D eigenvalue weighted by molar-refractivity contribution is 7.13. The summed E-state index contributed by atoms with van der Waals surface area (Å²) >= 11 is 1.54. The van der Waals surface area contributed by atoms with Crippen molar-refractivity contribution >= 4 is 17.3 Å². The molecule has 0 aliphatic heterocycles. The van der Waals surface area contributed by atoms with E-state index in [0.29, 0.717) is 0 Å². The fraction of sp³-hybridized carbons (Fsp3) is 0.273. The van der Waals surface area contributed by atoms with Crippen LogP contribution in [0.15, 0.2) is 60.0 Å². The average molecular weight is 381 g/mol. The summed E-state index contributed by atoms with van der Waals surface area (Å²) in [4.78, 5) is 17.5. The Morgan fingerprint density at radius 3 is 2.48 bits per heavy atom. The number of ether oxygens (including phenoxy) is 1. The van der Waals surface area contributed by atoms with E-state index in [-0.39, 0.29) is 18.4 Å². The number of carbonyl (C=O) groups is 1. The van der Waals surface area contributed by atoms with Crippen molar-refractivity contribution in [2.75, 3.05) is 0 Å². The van der Waals surface area contributed by atoms with Gasteiger partial charge in [0.1, 0.15) is 17.4 Å². The monoisotopic (exact) mass is 381 g/mol. The van der Waals surface area contributed by atoms with Gasteiger partial charge in [0.25, 0.3) is 0 Å². The Hall–Kier alpha value is -2.53.